The van der Waals surface area contributed by atoms with Gasteiger partial charge in [-0.25, -0.2) is 0 Å². The Labute approximate surface area is 180 Å². The molecule has 0 spiro atoms. The van der Waals surface area contributed by atoms with Crippen LogP contribution in [-0.2, 0) is 6.42 Å². The van der Waals surface area contributed by atoms with Crippen molar-refractivity contribution >= 4 is 5.91 Å². The Morgan fingerprint density at radius 1 is 1.13 bits per heavy atom. The minimum absolute atomic E-state index is 0.00639. The van der Waals surface area contributed by atoms with E-state index < -0.39 is 0 Å². The normalized spacial score (nSPS) is 19.1. The Morgan fingerprint density at radius 2 is 1.97 bits per heavy atom. The first-order valence-corrected chi connectivity index (χ1v) is 11.6. The monoisotopic (exact) mass is 406 g/mol. The molecule has 4 heteroatoms. The zero-order valence-electron chi connectivity index (χ0n) is 18.3. The second-order valence-corrected chi connectivity index (χ2v) is 8.62. The summed E-state index contributed by atoms with van der Waals surface area (Å²) in [4.78, 5) is 15.3. The number of nitrogens with one attached hydrogen (secondary N) is 1. The Bertz CT molecular complexity index is 875. The topological polar surface area (TPSA) is 41.6 Å². The molecule has 1 N–H and O–H groups in total. The second-order valence-electron chi connectivity index (χ2n) is 8.62. The maximum absolute atomic E-state index is 12.9. The molecule has 0 radical (unpaired) electrons. The molecule has 160 valence electrons. The van der Waals surface area contributed by atoms with Crippen molar-refractivity contribution in [2.24, 2.45) is 5.92 Å². The molecule has 0 unspecified atom stereocenters. The first kappa shape index (κ1) is 20.9. The Hall–Kier alpha value is -2.33. The molecule has 1 heterocycles. The third kappa shape index (κ3) is 4.86. The van der Waals surface area contributed by atoms with Gasteiger partial charge < -0.3 is 10.1 Å². The van der Waals surface area contributed by atoms with Crippen LogP contribution in [-0.4, -0.2) is 43.1 Å². The van der Waals surface area contributed by atoms with Crippen molar-refractivity contribution in [1.29, 1.82) is 0 Å². The summed E-state index contributed by atoms with van der Waals surface area (Å²) in [6.07, 6.45) is 5.87. The highest BCUT2D eigenvalue weighted by Gasteiger charge is 2.24. The van der Waals surface area contributed by atoms with Crippen molar-refractivity contribution in [2.45, 2.75) is 52.0 Å². The number of likely N-dealkylation sites (N-methyl/N-ethyl adjacent to an activating group) is 1. The third-order valence-corrected chi connectivity index (χ3v) is 6.48. The van der Waals surface area contributed by atoms with E-state index in [4.69, 9.17) is 4.74 Å². The minimum Gasteiger partial charge on any atom is -0.492 e. The van der Waals surface area contributed by atoms with Gasteiger partial charge in [0.05, 0.1) is 6.61 Å². The van der Waals surface area contributed by atoms with Gasteiger partial charge in [-0.2, -0.15) is 0 Å². The first-order chi connectivity index (χ1) is 14.7. The van der Waals surface area contributed by atoms with Crippen molar-refractivity contribution in [2.75, 3.05) is 26.2 Å². The van der Waals surface area contributed by atoms with Gasteiger partial charge in [0, 0.05) is 23.7 Å². The number of ether oxygens (including phenoxy) is 1. The maximum atomic E-state index is 12.9. The summed E-state index contributed by atoms with van der Waals surface area (Å²) in [7, 11) is 0. The van der Waals surface area contributed by atoms with Crippen molar-refractivity contribution in [3.05, 3.63) is 53.6 Å². The molecule has 1 aliphatic carbocycles. The molecule has 1 saturated carbocycles. The Morgan fingerprint density at radius 3 is 2.73 bits per heavy atom. The third-order valence-electron chi connectivity index (χ3n) is 6.48. The fourth-order valence-corrected chi connectivity index (χ4v) is 4.43. The van der Waals surface area contributed by atoms with Crippen LogP contribution in [0.1, 0.15) is 55.5 Å². The predicted octanol–water partition coefficient (Wildman–Crippen LogP) is 4.92. The highest BCUT2D eigenvalue weighted by Crippen LogP contribution is 2.36. The summed E-state index contributed by atoms with van der Waals surface area (Å²) in [5.41, 5.74) is 4.06. The number of nitrogens with zero attached hydrogens (tertiary/aromatic N) is 1. The SMILES string of the molecule is CCc1cccc(-c2cccc(C(=O)NC[C@@H]3CCCN3CC)c2)c1OCC1CC1. The summed E-state index contributed by atoms with van der Waals surface area (Å²) >= 11 is 0. The van der Waals surface area contributed by atoms with E-state index in [0.717, 1.165) is 49.5 Å². The van der Waals surface area contributed by atoms with Crippen molar-refractivity contribution < 1.29 is 9.53 Å². The van der Waals surface area contributed by atoms with Crippen molar-refractivity contribution in [3.8, 4) is 16.9 Å². The van der Waals surface area contributed by atoms with E-state index in [2.05, 4.69) is 48.3 Å². The summed E-state index contributed by atoms with van der Waals surface area (Å²) in [5.74, 6) is 1.69. The van der Waals surface area contributed by atoms with Gasteiger partial charge in [0.1, 0.15) is 5.75 Å². The standard InChI is InChI=1S/C26H34N2O2/c1-3-20-8-6-12-24(25(20)30-18-19-13-14-19)21-9-5-10-22(16-21)26(29)27-17-23-11-7-15-28(23)4-2/h5-6,8-10,12,16,19,23H,3-4,7,11,13-15,17-18H2,1-2H3,(H,27,29)/t23-/m0/s1. The molecule has 1 saturated heterocycles. The Balaban J connectivity index is 1.50. The Kier molecular flexibility index (Phi) is 6.73. The van der Waals surface area contributed by atoms with Gasteiger partial charge in [-0.05, 0) is 74.4 Å². The molecule has 2 aliphatic rings. The second kappa shape index (κ2) is 9.65. The van der Waals surface area contributed by atoms with E-state index in [1.165, 1.54) is 31.2 Å². The molecule has 0 bridgehead atoms. The average Bonchev–Trinajstić information content (AvgIpc) is 3.51. The molecule has 4 rings (SSSR count). The van der Waals surface area contributed by atoms with Gasteiger partial charge in [0.25, 0.3) is 5.91 Å². The van der Waals surface area contributed by atoms with Gasteiger partial charge in [0.15, 0.2) is 0 Å². The van der Waals surface area contributed by atoms with E-state index >= 15 is 0 Å². The zero-order valence-corrected chi connectivity index (χ0v) is 18.3. The molecule has 30 heavy (non-hydrogen) atoms. The van der Waals surface area contributed by atoms with E-state index in [-0.39, 0.29) is 5.91 Å². The number of benzene rings is 2. The van der Waals surface area contributed by atoms with Gasteiger partial charge in [0.2, 0.25) is 0 Å². The van der Waals surface area contributed by atoms with Crippen LogP contribution in [0.15, 0.2) is 42.5 Å². The van der Waals surface area contributed by atoms with Crippen LogP contribution >= 0.6 is 0 Å². The van der Waals surface area contributed by atoms with Crippen molar-refractivity contribution in [1.82, 2.24) is 10.2 Å². The van der Waals surface area contributed by atoms with E-state index in [1.807, 2.05) is 18.2 Å². The van der Waals surface area contributed by atoms with Gasteiger partial charge in [-0.15, -0.1) is 0 Å². The van der Waals surface area contributed by atoms with Crippen LogP contribution in [0.4, 0.5) is 0 Å². The highest BCUT2D eigenvalue weighted by atomic mass is 16.5. The van der Waals surface area contributed by atoms with E-state index in [0.29, 0.717) is 17.5 Å². The summed E-state index contributed by atoms with van der Waals surface area (Å²) < 4.78 is 6.27. The zero-order chi connectivity index (χ0) is 20.9. The van der Waals surface area contributed by atoms with E-state index in [1.54, 1.807) is 0 Å². The summed E-state index contributed by atoms with van der Waals surface area (Å²) in [6.45, 7) is 8.06. The van der Waals surface area contributed by atoms with Gasteiger partial charge in [-0.3, -0.25) is 9.69 Å². The molecular weight excluding hydrogens is 372 g/mol. The number of carbonyl (C=O) groups is 1. The molecule has 1 atom stereocenters. The lowest BCUT2D eigenvalue weighted by atomic mass is 9.98. The maximum Gasteiger partial charge on any atom is 0.251 e. The number of aryl methyl sites for hydroxylation is 1. The predicted molar refractivity (Wildman–Crippen MR) is 122 cm³/mol. The fourth-order valence-electron chi connectivity index (χ4n) is 4.43. The number of hydrogen-bond acceptors (Lipinski definition) is 3. The molecule has 0 aromatic heterocycles. The van der Waals surface area contributed by atoms with Crippen molar-refractivity contribution in [3.63, 3.8) is 0 Å². The quantitative estimate of drug-likeness (QED) is 0.643. The summed E-state index contributed by atoms with van der Waals surface area (Å²) in [6, 6.07) is 14.8. The molecule has 1 aliphatic heterocycles. The van der Waals surface area contributed by atoms with Crippen LogP contribution in [0.2, 0.25) is 0 Å². The number of hydrogen-bond donors (Lipinski definition) is 1. The molecule has 2 fully saturated rings. The number of para-hydroxylation sites is 1. The lowest BCUT2D eigenvalue weighted by Gasteiger charge is -2.23. The first-order valence-electron chi connectivity index (χ1n) is 11.6. The lowest BCUT2D eigenvalue weighted by molar-refractivity contribution is 0.0941. The highest BCUT2D eigenvalue weighted by molar-refractivity contribution is 5.95. The number of rotatable bonds is 9. The lowest BCUT2D eigenvalue weighted by Crippen LogP contribution is -2.40. The summed E-state index contributed by atoms with van der Waals surface area (Å²) in [5, 5.41) is 3.16. The molecule has 1 amide bonds. The largest absolute Gasteiger partial charge is 0.492 e. The van der Waals surface area contributed by atoms with Gasteiger partial charge >= 0.3 is 0 Å². The number of amides is 1. The molecule has 4 nitrogen and oxygen atoms in total. The molecule has 2 aromatic carbocycles. The van der Waals surface area contributed by atoms with Gasteiger partial charge in [-0.1, -0.05) is 44.2 Å². The molecule has 2 aromatic rings. The van der Waals surface area contributed by atoms with Crippen LogP contribution in [0, 0.1) is 5.92 Å². The average molecular weight is 407 g/mol. The molecular formula is C26H34N2O2. The number of carbonyl (C=O) groups excluding carboxylic acids is 1. The fraction of sp³-hybridized carbons (Fsp3) is 0.500. The van der Waals surface area contributed by atoms with Crippen LogP contribution in [0.25, 0.3) is 11.1 Å². The minimum atomic E-state index is 0.00639. The smallest absolute Gasteiger partial charge is 0.251 e. The van der Waals surface area contributed by atoms with E-state index in [9.17, 15) is 4.79 Å². The van der Waals surface area contributed by atoms with Crippen LogP contribution < -0.4 is 10.1 Å². The van der Waals surface area contributed by atoms with Crippen LogP contribution in [0.3, 0.4) is 0 Å². The van der Waals surface area contributed by atoms with Crippen LogP contribution in [0.5, 0.6) is 5.75 Å². The number of likely N-dealkylation sites (tertiary alicyclic amines) is 1.